The van der Waals surface area contributed by atoms with Gasteiger partial charge in [-0.25, -0.2) is 9.69 Å². The Hall–Kier alpha value is -4.75. The number of nitrogens with two attached hydrogens (primary N) is 1. The number of benzene rings is 4. The number of carbonyl (C=O) groups is 2. The fourth-order valence-corrected chi connectivity index (χ4v) is 5.10. The van der Waals surface area contributed by atoms with Gasteiger partial charge < -0.3 is 15.5 Å². The second-order valence-electron chi connectivity index (χ2n) is 10.1. The molecular weight excluding hydrogens is 502 g/mol. The molecule has 0 saturated carbocycles. The first-order valence-electron chi connectivity index (χ1n) is 13.1. The van der Waals surface area contributed by atoms with Gasteiger partial charge in [0, 0.05) is 23.5 Å². The predicted octanol–water partition coefficient (Wildman–Crippen LogP) is 5.47. The number of H-pyrrole nitrogens is 1. The highest BCUT2D eigenvalue weighted by Gasteiger charge is 2.44. The highest BCUT2D eigenvalue weighted by atomic mass is 16.6. The summed E-state index contributed by atoms with van der Waals surface area (Å²) in [6.07, 6.45) is 3.03. The molecule has 1 aromatic heterocycles. The second kappa shape index (κ2) is 11.6. The third kappa shape index (κ3) is 5.51. The number of hydrogen-bond acceptors (Lipinski definition) is 5. The van der Waals surface area contributed by atoms with Crippen LogP contribution in [-0.4, -0.2) is 39.8 Å². The first-order valence-corrected chi connectivity index (χ1v) is 13.1. The zero-order chi connectivity index (χ0) is 28.1. The van der Waals surface area contributed by atoms with E-state index in [1.54, 1.807) is 6.20 Å². The molecular formula is C33H30N3O4. The first kappa shape index (κ1) is 26.8. The minimum Gasteiger partial charge on any atom is -0.444 e. The van der Waals surface area contributed by atoms with Crippen molar-refractivity contribution < 1.29 is 19.1 Å². The summed E-state index contributed by atoms with van der Waals surface area (Å²) in [5.41, 5.74) is 8.07. The van der Waals surface area contributed by atoms with E-state index in [4.69, 9.17) is 10.5 Å². The minimum atomic E-state index is -1.65. The summed E-state index contributed by atoms with van der Waals surface area (Å²) in [6, 6.07) is 29.2. The summed E-state index contributed by atoms with van der Waals surface area (Å²) < 4.78 is 5.69. The number of rotatable bonds is 9. The maximum Gasteiger partial charge on any atom is 0.417 e. The quantitative estimate of drug-likeness (QED) is 0.262. The summed E-state index contributed by atoms with van der Waals surface area (Å²) in [6.45, 7) is 1.42. The Labute approximate surface area is 232 Å². The van der Waals surface area contributed by atoms with Crippen molar-refractivity contribution in [1.29, 1.82) is 0 Å². The van der Waals surface area contributed by atoms with Crippen molar-refractivity contribution in [3.8, 4) is 0 Å². The SMILES string of the molecule is CC([C]=O)(Cc1ccccc1)N(C(=O)OCc1cccc2ccccc12)C(=O)[C@@H](N)Cc1c[nH]c2ccccc12. The van der Waals surface area contributed by atoms with Gasteiger partial charge in [-0.3, -0.25) is 9.59 Å². The number of aromatic amines is 1. The summed E-state index contributed by atoms with van der Waals surface area (Å²) in [5.74, 6) is -0.713. The highest BCUT2D eigenvalue weighted by Crippen LogP contribution is 2.25. The van der Waals surface area contributed by atoms with Crippen LogP contribution in [0.1, 0.15) is 23.6 Å². The number of hydrogen-bond donors (Lipinski definition) is 2. The Morgan fingerprint density at radius 2 is 1.57 bits per heavy atom. The molecule has 1 heterocycles. The van der Waals surface area contributed by atoms with E-state index in [2.05, 4.69) is 4.98 Å². The van der Waals surface area contributed by atoms with Crippen LogP contribution >= 0.6 is 0 Å². The molecule has 5 rings (SSSR count). The van der Waals surface area contributed by atoms with Gasteiger partial charge in [-0.05, 0) is 46.9 Å². The van der Waals surface area contributed by atoms with E-state index in [0.717, 1.165) is 43.3 Å². The number of carbonyl (C=O) groups excluding carboxylic acids is 3. The molecule has 2 amide bonds. The van der Waals surface area contributed by atoms with Crippen molar-refractivity contribution >= 4 is 40.0 Å². The van der Waals surface area contributed by atoms with Gasteiger partial charge in [0.25, 0.3) is 0 Å². The molecule has 0 saturated heterocycles. The zero-order valence-corrected chi connectivity index (χ0v) is 22.2. The molecule has 0 fully saturated rings. The Morgan fingerprint density at radius 3 is 2.35 bits per heavy atom. The molecule has 1 unspecified atom stereocenters. The fraction of sp³-hybridized carbons (Fsp3) is 0.182. The van der Waals surface area contributed by atoms with Crippen LogP contribution in [0.2, 0.25) is 0 Å². The van der Waals surface area contributed by atoms with E-state index in [-0.39, 0.29) is 19.4 Å². The summed E-state index contributed by atoms with van der Waals surface area (Å²) in [4.78, 5) is 44.0. The molecule has 4 aromatic carbocycles. The largest absolute Gasteiger partial charge is 0.444 e. The summed E-state index contributed by atoms with van der Waals surface area (Å²) in [7, 11) is 0. The van der Waals surface area contributed by atoms with Gasteiger partial charge in [0.2, 0.25) is 12.2 Å². The lowest BCUT2D eigenvalue weighted by Crippen LogP contribution is -2.60. The molecule has 3 N–H and O–H groups in total. The van der Waals surface area contributed by atoms with Gasteiger partial charge >= 0.3 is 6.09 Å². The molecule has 5 aromatic rings. The van der Waals surface area contributed by atoms with E-state index in [9.17, 15) is 14.4 Å². The van der Waals surface area contributed by atoms with Crippen LogP contribution in [0.4, 0.5) is 4.79 Å². The Bertz CT molecular complexity index is 1660. The molecule has 0 spiro atoms. The Balaban J connectivity index is 1.44. The van der Waals surface area contributed by atoms with E-state index in [1.165, 1.54) is 6.92 Å². The Morgan fingerprint density at radius 1 is 0.900 bits per heavy atom. The average Bonchev–Trinajstić information content (AvgIpc) is 3.39. The normalized spacial score (nSPS) is 13.4. The first-order chi connectivity index (χ1) is 19.4. The van der Waals surface area contributed by atoms with Gasteiger partial charge in [0.15, 0.2) is 0 Å². The van der Waals surface area contributed by atoms with Crippen molar-refractivity contribution in [2.75, 3.05) is 0 Å². The molecule has 1 radical (unpaired) electrons. The van der Waals surface area contributed by atoms with Crippen LogP contribution in [0.25, 0.3) is 21.7 Å². The van der Waals surface area contributed by atoms with Gasteiger partial charge in [-0.2, -0.15) is 0 Å². The number of nitrogens with zero attached hydrogens (tertiary/aromatic N) is 1. The minimum absolute atomic E-state index is 0.0618. The van der Waals surface area contributed by atoms with Gasteiger partial charge in [-0.15, -0.1) is 0 Å². The standard InChI is InChI=1S/C33H30N3O4/c1-33(22-37,19-23-10-3-2-4-11-23)36(31(38)29(34)18-26-20-35-30-17-8-7-16-28(26)30)32(39)40-21-25-14-9-13-24-12-5-6-15-27(24)25/h2-17,20,29,35H,18-19,21,34H2,1H3/t29-,33?/m0/s1. The van der Waals surface area contributed by atoms with E-state index in [1.807, 2.05) is 103 Å². The fourth-order valence-electron chi connectivity index (χ4n) is 5.10. The van der Waals surface area contributed by atoms with Gasteiger partial charge in [-0.1, -0.05) is 91.0 Å². The number of amides is 2. The summed E-state index contributed by atoms with van der Waals surface area (Å²) >= 11 is 0. The molecule has 40 heavy (non-hydrogen) atoms. The smallest absolute Gasteiger partial charge is 0.417 e. The Kier molecular flexibility index (Phi) is 7.75. The monoisotopic (exact) mass is 532 g/mol. The van der Waals surface area contributed by atoms with Crippen molar-refractivity contribution in [2.45, 2.75) is 38.0 Å². The molecule has 0 aliphatic heterocycles. The van der Waals surface area contributed by atoms with Crippen molar-refractivity contribution in [3.63, 3.8) is 0 Å². The number of para-hydroxylation sites is 1. The third-order valence-electron chi connectivity index (χ3n) is 7.17. The van der Waals surface area contributed by atoms with E-state index < -0.39 is 23.6 Å². The van der Waals surface area contributed by atoms with Crippen LogP contribution in [0, 0.1) is 0 Å². The van der Waals surface area contributed by atoms with E-state index in [0.29, 0.717) is 0 Å². The second-order valence-corrected chi connectivity index (χ2v) is 10.1. The van der Waals surface area contributed by atoms with Crippen molar-refractivity contribution in [2.24, 2.45) is 5.73 Å². The highest BCUT2D eigenvalue weighted by molar-refractivity contribution is 5.99. The number of fused-ring (bicyclic) bond motifs is 2. The van der Waals surface area contributed by atoms with Crippen molar-refractivity contribution in [3.05, 3.63) is 120 Å². The van der Waals surface area contributed by atoms with E-state index >= 15 is 0 Å². The van der Waals surface area contributed by atoms with Gasteiger partial charge in [0.05, 0.1) is 6.04 Å². The third-order valence-corrected chi connectivity index (χ3v) is 7.17. The lowest BCUT2D eigenvalue weighted by Gasteiger charge is -2.35. The predicted molar refractivity (Wildman–Crippen MR) is 155 cm³/mol. The number of aromatic nitrogens is 1. The number of imide groups is 1. The molecule has 0 aliphatic rings. The molecule has 0 bridgehead atoms. The maximum atomic E-state index is 13.9. The number of nitrogens with one attached hydrogen (secondary N) is 1. The van der Waals surface area contributed by atoms with Crippen LogP contribution in [0.3, 0.4) is 0 Å². The lowest BCUT2D eigenvalue weighted by molar-refractivity contribution is -0.134. The van der Waals surface area contributed by atoms with Crippen LogP contribution in [0.5, 0.6) is 0 Å². The lowest BCUT2D eigenvalue weighted by atomic mass is 9.91. The number of ether oxygens (including phenoxy) is 1. The maximum absolute atomic E-state index is 13.9. The van der Waals surface area contributed by atoms with Crippen LogP contribution in [-0.2, 0) is 33.8 Å². The molecule has 0 aliphatic carbocycles. The van der Waals surface area contributed by atoms with Crippen LogP contribution < -0.4 is 5.73 Å². The molecule has 7 heteroatoms. The molecule has 2 atom stereocenters. The van der Waals surface area contributed by atoms with Gasteiger partial charge in [0.1, 0.15) is 12.1 Å². The zero-order valence-electron chi connectivity index (χ0n) is 22.2. The average molecular weight is 533 g/mol. The van der Waals surface area contributed by atoms with Crippen molar-refractivity contribution in [1.82, 2.24) is 9.88 Å². The topological polar surface area (TPSA) is 105 Å². The molecule has 7 nitrogen and oxygen atoms in total. The van der Waals surface area contributed by atoms with Crippen LogP contribution in [0.15, 0.2) is 103 Å². The molecule has 201 valence electrons. The summed E-state index contributed by atoms with van der Waals surface area (Å²) in [5, 5.41) is 2.87.